The normalized spacial score (nSPS) is 11.7. The van der Waals surface area contributed by atoms with Gasteiger partial charge in [-0.05, 0) is 36.8 Å². The molecule has 2 aromatic rings. The number of rotatable bonds is 5. The first-order chi connectivity index (χ1) is 11.4. The van der Waals surface area contributed by atoms with E-state index in [-0.39, 0.29) is 6.04 Å². The lowest BCUT2D eigenvalue weighted by atomic mass is 10.1. The Bertz CT molecular complexity index is 747. The Morgan fingerprint density at radius 2 is 1.79 bits per heavy atom. The average molecular weight is 354 g/mol. The van der Waals surface area contributed by atoms with Gasteiger partial charge in [0.1, 0.15) is 17.2 Å². The van der Waals surface area contributed by atoms with E-state index in [9.17, 15) is 18.4 Å². The predicted octanol–water partition coefficient (Wildman–Crippen LogP) is 3.65. The van der Waals surface area contributed by atoms with Crippen LogP contribution in [-0.4, -0.2) is 18.5 Å². The van der Waals surface area contributed by atoms with Crippen LogP contribution in [-0.2, 0) is 9.53 Å². The molecule has 126 valence electrons. The van der Waals surface area contributed by atoms with Crippen LogP contribution in [0, 0.1) is 11.6 Å². The molecule has 0 aliphatic rings. The number of esters is 1. The second-order valence-corrected chi connectivity index (χ2v) is 5.45. The lowest BCUT2D eigenvalue weighted by molar-refractivity contribution is -0.124. The van der Waals surface area contributed by atoms with Gasteiger partial charge in [-0.15, -0.1) is 0 Å². The zero-order valence-electron chi connectivity index (χ0n) is 12.7. The highest BCUT2D eigenvalue weighted by atomic mass is 35.5. The summed E-state index contributed by atoms with van der Waals surface area (Å²) < 4.78 is 31.5. The largest absolute Gasteiger partial charge is 0.452 e. The Kier molecular flexibility index (Phi) is 5.87. The third-order valence-electron chi connectivity index (χ3n) is 3.23. The van der Waals surface area contributed by atoms with Gasteiger partial charge < -0.3 is 10.1 Å². The van der Waals surface area contributed by atoms with Crippen molar-refractivity contribution < 1.29 is 23.1 Å². The minimum atomic E-state index is -1.24. The molecule has 2 aromatic carbocycles. The van der Waals surface area contributed by atoms with Crippen molar-refractivity contribution >= 4 is 23.5 Å². The molecule has 7 heteroatoms. The fourth-order valence-corrected chi connectivity index (χ4v) is 2.24. The molecular formula is C17H14ClF2NO3. The molecule has 0 saturated heterocycles. The number of nitrogens with one attached hydrogen (secondary N) is 1. The van der Waals surface area contributed by atoms with Crippen molar-refractivity contribution in [3.05, 3.63) is 70.2 Å². The summed E-state index contributed by atoms with van der Waals surface area (Å²) in [6.45, 7) is 1.07. The molecule has 24 heavy (non-hydrogen) atoms. The van der Waals surface area contributed by atoms with Gasteiger partial charge in [0.05, 0.1) is 6.04 Å². The van der Waals surface area contributed by atoms with Gasteiger partial charge in [-0.2, -0.15) is 0 Å². The summed E-state index contributed by atoms with van der Waals surface area (Å²) in [6, 6.07) is 9.51. The Morgan fingerprint density at radius 3 is 2.42 bits per heavy atom. The number of ether oxygens (including phenoxy) is 1. The second kappa shape index (κ2) is 7.88. The highest BCUT2D eigenvalue weighted by Gasteiger charge is 2.20. The molecule has 0 fully saturated rings. The summed E-state index contributed by atoms with van der Waals surface area (Å²) in [5, 5.41) is 3.12. The van der Waals surface area contributed by atoms with Crippen LogP contribution < -0.4 is 5.32 Å². The van der Waals surface area contributed by atoms with Crippen LogP contribution in [0.25, 0.3) is 0 Å². The number of amides is 1. The fraction of sp³-hybridized carbons (Fsp3) is 0.176. The molecule has 0 aromatic heterocycles. The number of carbonyl (C=O) groups is 2. The summed E-state index contributed by atoms with van der Waals surface area (Å²) in [5.74, 6) is -3.94. The molecule has 0 saturated carbocycles. The lowest BCUT2D eigenvalue weighted by Crippen LogP contribution is -2.31. The number of carbonyl (C=O) groups excluding carboxylic acids is 2. The Hall–Kier alpha value is -2.47. The molecule has 0 spiro atoms. The molecule has 0 bridgehead atoms. The predicted molar refractivity (Wildman–Crippen MR) is 84.7 cm³/mol. The Morgan fingerprint density at radius 1 is 1.17 bits per heavy atom. The fourth-order valence-electron chi connectivity index (χ4n) is 2.04. The van der Waals surface area contributed by atoms with E-state index >= 15 is 0 Å². The first kappa shape index (κ1) is 17.9. The van der Waals surface area contributed by atoms with Crippen molar-refractivity contribution in [1.82, 2.24) is 5.32 Å². The summed E-state index contributed by atoms with van der Waals surface area (Å²) in [4.78, 5) is 23.5. The molecule has 2 rings (SSSR count). The minimum absolute atomic E-state index is 0.375. The van der Waals surface area contributed by atoms with Gasteiger partial charge in [-0.1, -0.05) is 29.8 Å². The third kappa shape index (κ3) is 4.52. The molecular weight excluding hydrogens is 340 g/mol. The molecule has 1 atom stereocenters. The van der Waals surface area contributed by atoms with E-state index in [1.165, 1.54) is 0 Å². The number of hydrogen-bond acceptors (Lipinski definition) is 3. The van der Waals surface area contributed by atoms with Crippen molar-refractivity contribution in [2.75, 3.05) is 6.61 Å². The smallest absolute Gasteiger partial charge is 0.344 e. The number of hydrogen-bond donors (Lipinski definition) is 1. The monoisotopic (exact) mass is 353 g/mol. The van der Waals surface area contributed by atoms with Gasteiger partial charge >= 0.3 is 5.97 Å². The molecule has 4 nitrogen and oxygen atoms in total. The van der Waals surface area contributed by atoms with Crippen LogP contribution in [0.1, 0.15) is 28.9 Å². The van der Waals surface area contributed by atoms with Gasteiger partial charge in [0.2, 0.25) is 0 Å². The molecule has 0 heterocycles. The van der Waals surface area contributed by atoms with E-state index in [0.717, 1.165) is 23.8 Å². The van der Waals surface area contributed by atoms with Crippen molar-refractivity contribution in [2.45, 2.75) is 13.0 Å². The Balaban J connectivity index is 1.92. The molecule has 0 radical (unpaired) electrons. The minimum Gasteiger partial charge on any atom is -0.452 e. The van der Waals surface area contributed by atoms with Crippen molar-refractivity contribution in [1.29, 1.82) is 0 Å². The number of benzene rings is 2. The maximum atomic E-state index is 13.4. The Labute approximate surface area is 142 Å². The van der Waals surface area contributed by atoms with E-state index in [1.807, 2.05) is 0 Å². The van der Waals surface area contributed by atoms with Crippen LogP contribution in [0.5, 0.6) is 0 Å². The SMILES string of the molecule is CC(NC(=O)COC(=O)c1c(F)cccc1F)c1cccc(Cl)c1. The summed E-state index contributed by atoms with van der Waals surface area (Å²) >= 11 is 5.87. The third-order valence-corrected chi connectivity index (χ3v) is 3.46. The van der Waals surface area contributed by atoms with Gasteiger partial charge in [0, 0.05) is 5.02 Å². The van der Waals surface area contributed by atoms with Gasteiger partial charge in [0.25, 0.3) is 5.91 Å². The topological polar surface area (TPSA) is 55.4 Å². The van der Waals surface area contributed by atoms with Crippen molar-refractivity contribution in [3.63, 3.8) is 0 Å². The van der Waals surface area contributed by atoms with Crippen LogP contribution >= 0.6 is 11.6 Å². The summed E-state index contributed by atoms with van der Waals surface area (Å²) in [7, 11) is 0. The summed E-state index contributed by atoms with van der Waals surface area (Å²) in [5.41, 5.74) is -0.0597. The molecule has 1 unspecified atom stereocenters. The lowest BCUT2D eigenvalue weighted by Gasteiger charge is -2.14. The standard InChI is InChI=1S/C17H14ClF2NO3/c1-10(11-4-2-5-12(18)8-11)21-15(22)9-24-17(23)16-13(19)6-3-7-14(16)20/h2-8,10H,9H2,1H3,(H,21,22). The van der Waals surface area contributed by atoms with Crippen LogP contribution in [0.15, 0.2) is 42.5 Å². The van der Waals surface area contributed by atoms with Gasteiger partial charge in [0.15, 0.2) is 6.61 Å². The van der Waals surface area contributed by atoms with Gasteiger partial charge in [-0.25, -0.2) is 13.6 Å². The van der Waals surface area contributed by atoms with Crippen molar-refractivity contribution in [2.24, 2.45) is 0 Å². The quantitative estimate of drug-likeness (QED) is 0.835. The van der Waals surface area contributed by atoms with E-state index in [4.69, 9.17) is 11.6 Å². The van der Waals surface area contributed by atoms with Crippen LogP contribution in [0.3, 0.4) is 0 Å². The highest BCUT2D eigenvalue weighted by molar-refractivity contribution is 6.30. The first-order valence-corrected chi connectivity index (χ1v) is 7.42. The number of halogens is 3. The van der Waals surface area contributed by atoms with E-state index in [0.29, 0.717) is 5.02 Å². The zero-order chi connectivity index (χ0) is 17.7. The average Bonchev–Trinajstić information content (AvgIpc) is 2.52. The molecule has 0 aliphatic heterocycles. The summed E-state index contributed by atoms with van der Waals surface area (Å²) in [6.07, 6.45) is 0. The second-order valence-electron chi connectivity index (χ2n) is 5.02. The van der Waals surface area contributed by atoms with Crippen molar-refractivity contribution in [3.8, 4) is 0 Å². The molecule has 0 aliphatic carbocycles. The van der Waals surface area contributed by atoms with E-state index < -0.39 is 35.7 Å². The molecule has 1 N–H and O–H groups in total. The maximum absolute atomic E-state index is 13.4. The van der Waals surface area contributed by atoms with E-state index in [2.05, 4.69) is 10.1 Å². The first-order valence-electron chi connectivity index (χ1n) is 7.04. The maximum Gasteiger partial charge on any atom is 0.344 e. The molecule has 1 amide bonds. The van der Waals surface area contributed by atoms with Crippen LogP contribution in [0.4, 0.5) is 8.78 Å². The zero-order valence-corrected chi connectivity index (χ0v) is 13.4. The highest BCUT2D eigenvalue weighted by Crippen LogP contribution is 2.17. The van der Waals surface area contributed by atoms with Crippen LogP contribution in [0.2, 0.25) is 5.02 Å². The van der Waals surface area contributed by atoms with E-state index in [1.54, 1.807) is 31.2 Å². The van der Waals surface area contributed by atoms with Gasteiger partial charge in [-0.3, -0.25) is 4.79 Å².